The summed E-state index contributed by atoms with van der Waals surface area (Å²) in [7, 11) is 0. The van der Waals surface area contributed by atoms with E-state index in [0.717, 1.165) is 27.5 Å². The Labute approximate surface area is 123 Å². The Kier molecular flexibility index (Phi) is 2.61. The number of hydrogen-bond acceptors (Lipinski definition) is 3. The van der Waals surface area contributed by atoms with E-state index in [1.807, 2.05) is 54.7 Å². The van der Waals surface area contributed by atoms with E-state index in [1.54, 1.807) is 6.20 Å². The average molecular weight is 276 g/mol. The molecule has 0 amide bonds. The zero-order chi connectivity index (χ0) is 14.4. The second-order valence-electron chi connectivity index (χ2n) is 5.66. The van der Waals surface area contributed by atoms with Gasteiger partial charge in [0.15, 0.2) is 0 Å². The molecule has 0 bridgehead atoms. The highest BCUT2D eigenvalue weighted by molar-refractivity contribution is 5.86. The maximum Gasteiger partial charge on any atom is 0.117 e. The highest BCUT2D eigenvalue weighted by Crippen LogP contribution is 2.47. The van der Waals surface area contributed by atoms with Crippen LogP contribution >= 0.6 is 0 Å². The molecule has 0 aliphatic heterocycles. The normalized spacial score (nSPS) is 24.2. The van der Waals surface area contributed by atoms with Crippen LogP contribution in [0.2, 0.25) is 0 Å². The van der Waals surface area contributed by atoms with Crippen molar-refractivity contribution in [1.29, 1.82) is 0 Å². The first-order valence-corrected chi connectivity index (χ1v) is 7.11. The first-order chi connectivity index (χ1) is 10.2. The number of nitrogens with zero attached hydrogens (tertiary/aromatic N) is 1. The molecule has 1 heterocycles. The molecule has 2 unspecified atom stereocenters. The van der Waals surface area contributed by atoms with Crippen LogP contribution < -0.4 is 5.73 Å². The standard InChI is InChI=1S/C18H16N2O/c19-17-10-18(21,16-6-2-1-5-14(16)17)15-7-3-4-12-11-20-9-8-13(12)15/h1-9,11,17,21H,10,19H2. The summed E-state index contributed by atoms with van der Waals surface area (Å²) in [5.74, 6) is 0. The van der Waals surface area contributed by atoms with Gasteiger partial charge in [-0.1, -0.05) is 42.5 Å². The first-order valence-electron chi connectivity index (χ1n) is 7.11. The number of fused-ring (bicyclic) bond motifs is 2. The number of benzene rings is 2. The van der Waals surface area contributed by atoms with E-state index in [-0.39, 0.29) is 6.04 Å². The van der Waals surface area contributed by atoms with Crippen LogP contribution in [-0.4, -0.2) is 10.1 Å². The quantitative estimate of drug-likeness (QED) is 0.718. The first kappa shape index (κ1) is 12.5. The van der Waals surface area contributed by atoms with E-state index < -0.39 is 5.60 Å². The van der Waals surface area contributed by atoms with Gasteiger partial charge in [-0.15, -0.1) is 0 Å². The summed E-state index contributed by atoms with van der Waals surface area (Å²) in [5.41, 5.74) is 8.06. The summed E-state index contributed by atoms with van der Waals surface area (Å²) in [6.45, 7) is 0. The molecule has 3 N–H and O–H groups in total. The van der Waals surface area contributed by atoms with Gasteiger partial charge >= 0.3 is 0 Å². The van der Waals surface area contributed by atoms with Crippen molar-refractivity contribution >= 4 is 10.8 Å². The van der Waals surface area contributed by atoms with Gasteiger partial charge in [0, 0.05) is 30.2 Å². The molecule has 3 heteroatoms. The number of aliphatic hydroxyl groups is 1. The predicted molar refractivity (Wildman–Crippen MR) is 82.7 cm³/mol. The largest absolute Gasteiger partial charge is 0.380 e. The molecule has 1 aromatic heterocycles. The summed E-state index contributed by atoms with van der Waals surface area (Å²) in [4.78, 5) is 4.16. The van der Waals surface area contributed by atoms with Crippen molar-refractivity contribution in [3.05, 3.63) is 77.6 Å². The van der Waals surface area contributed by atoms with Gasteiger partial charge in [0.1, 0.15) is 5.60 Å². The van der Waals surface area contributed by atoms with Crippen LogP contribution in [0.4, 0.5) is 0 Å². The van der Waals surface area contributed by atoms with Crippen LogP contribution in [0.5, 0.6) is 0 Å². The van der Waals surface area contributed by atoms with Crippen molar-refractivity contribution < 1.29 is 5.11 Å². The van der Waals surface area contributed by atoms with Gasteiger partial charge in [-0.25, -0.2) is 0 Å². The SMILES string of the molecule is NC1CC(O)(c2cccc3cnccc23)c2ccccc21. The van der Waals surface area contributed by atoms with Crippen LogP contribution in [0.15, 0.2) is 60.9 Å². The minimum atomic E-state index is -1.03. The van der Waals surface area contributed by atoms with Gasteiger partial charge in [-0.05, 0) is 28.1 Å². The Morgan fingerprint density at radius 3 is 2.76 bits per heavy atom. The molecule has 3 aromatic rings. The van der Waals surface area contributed by atoms with Crippen molar-refractivity contribution in [3.8, 4) is 0 Å². The monoisotopic (exact) mass is 276 g/mol. The lowest BCUT2D eigenvalue weighted by Gasteiger charge is -2.26. The molecule has 0 saturated heterocycles. The molecule has 21 heavy (non-hydrogen) atoms. The van der Waals surface area contributed by atoms with E-state index in [9.17, 15) is 5.11 Å². The van der Waals surface area contributed by atoms with Crippen LogP contribution in [-0.2, 0) is 5.60 Å². The Hall–Kier alpha value is -2.23. The van der Waals surface area contributed by atoms with E-state index >= 15 is 0 Å². The smallest absolute Gasteiger partial charge is 0.117 e. The van der Waals surface area contributed by atoms with Gasteiger partial charge in [-0.2, -0.15) is 0 Å². The van der Waals surface area contributed by atoms with Gasteiger partial charge in [0.05, 0.1) is 0 Å². The average Bonchev–Trinajstić information content (AvgIpc) is 2.80. The minimum Gasteiger partial charge on any atom is -0.380 e. The molecular weight excluding hydrogens is 260 g/mol. The summed E-state index contributed by atoms with van der Waals surface area (Å²) >= 11 is 0. The zero-order valence-corrected chi connectivity index (χ0v) is 11.5. The third kappa shape index (κ3) is 1.71. The fourth-order valence-electron chi connectivity index (χ4n) is 3.47. The Morgan fingerprint density at radius 1 is 1.05 bits per heavy atom. The summed E-state index contributed by atoms with van der Waals surface area (Å²) < 4.78 is 0. The van der Waals surface area contributed by atoms with E-state index in [1.165, 1.54) is 0 Å². The maximum atomic E-state index is 11.4. The fourth-order valence-corrected chi connectivity index (χ4v) is 3.47. The molecule has 0 spiro atoms. The van der Waals surface area contributed by atoms with Crippen molar-refractivity contribution in [2.75, 3.05) is 0 Å². The molecule has 1 aliphatic carbocycles. The van der Waals surface area contributed by atoms with E-state index in [0.29, 0.717) is 6.42 Å². The molecule has 0 fully saturated rings. The Bertz CT molecular complexity index is 825. The third-order valence-corrected chi connectivity index (χ3v) is 4.45. The van der Waals surface area contributed by atoms with Crippen molar-refractivity contribution in [2.24, 2.45) is 5.73 Å². The molecule has 0 saturated carbocycles. The van der Waals surface area contributed by atoms with E-state index in [4.69, 9.17) is 5.73 Å². The number of hydrogen-bond donors (Lipinski definition) is 2. The highest BCUT2D eigenvalue weighted by atomic mass is 16.3. The molecule has 3 nitrogen and oxygen atoms in total. The summed E-state index contributed by atoms with van der Waals surface area (Å²) in [6.07, 6.45) is 4.09. The number of pyridine rings is 1. The van der Waals surface area contributed by atoms with Gasteiger partial charge < -0.3 is 10.8 Å². The highest BCUT2D eigenvalue weighted by Gasteiger charge is 2.42. The van der Waals surface area contributed by atoms with Crippen molar-refractivity contribution in [1.82, 2.24) is 4.98 Å². The van der Waals surface area contributed by atoms with Crippen molar-refractivity contribution in [2.45, 2.75) is 18.1 Å². The lowest BCUT2D eigenvalue weighted by Crippen LogP contribution is -2.25. The zero-order valence-electron chi connectivity index (χ0n) is 11.5. The van der Waals surface area contributed by atoms with Crippen LogP contribution in [0.1, 0.15) is 29.2 Å². The van der Waals surface area contributed by atoms with Crippen LogP contribution in [0, 0.1) is 0 Å². The molecule has 2 atom stereocenters. The Morgan fingerprint density at radius 2 is 1.86 bits per heavy atom. The molecular formula is C18H16N2O. The number of aromatic nitrogens is 1. The third-order valence-electron chi connectivity index (χ3n) is 4.45. The summed E-state index contributed by atoms with van der Waals surface area (Å²) in [5, 5.41) is 13.4. The predicted octanol–water partition coefficient (Wildman–Crippen LogP) is 2.87. The fraction of sp³-hybridized carbons (Fsp3) is 0.167. The number of nitrogens with two attached hydrogens (primary N) is 1. The van der Waals surface area contributed by atoms with Crippen molar-refractivity contribution in [3.63, 3.8) is 0 Å². The van der Waals surface area contributed by atoms with Gasteiger partial charge in [0.25, 0.3) is 0 Å². The number of rotatable bonds is 1. The van der Waals surface area contributed by atoms with Crippen LogP contribution in [0.3, 0.4) is 0 Å². The molecule has 2 aromatic carbocycles. The maximum absolute atomic E-state index is 11.4. The molecule has 0 radical (unpaired) electrons. The second kappa shape index (κ2) is 4.38. The van der Waals surface area contributed by atoms with Crippen LogP contribution in [0.25, 0.3) is 10.8 Å². The van der Waals surface area contributed by atoms with E-state index in [2.05, 4.69) is 4.98 Å². The Balaban J connectivity index is 2.01. The summed E-state index contributed by atoms with van der Waals surface area (Å²) in [6, 6.07) is 15.7. The molecule has 1 aliphatic rings. The van der Waals surface area contributed by atoms with Gasteiger partial charge in [-0.3, -0.25) is 4.98 Å². The molecule has 104 valence electrons. The lowest BCUT2D eigenvalue weighted by atomic mass is 9.85. The van der Waals surface area contributed by atoms with Gasteiger partial charge in [0.2, 0.25) is 0 Å². The molecule has 4 rings (SSSR count). The second-order valence-corrected chi connectivity index (χ2v) is 5.66. The lowest BCUT2D eigenvalue weighted by molar-refractivity contribution is 0.0792. The topological polar surface area (TPSA) is 59.1 Å². The minimum absolute atomic E-state index is 0.136.